The molecule has 0 saturated heterocycles. The minimum absolute atomic E-state index is 0.121. The Morgan fingerprint density at radius 3 is 2.67 bits per heavy atom. The average Bonchev–Trinajstić information content (AvgIpc) is 2.98. The van der Waals surface area contributed by atoms with E-state index in [-0.39, 0.29) is 24.2 Å². The van der Waals surface area contributed by atoms with Crippen LogP contribution in [0.3, 0.4) is 0 Å². The van der Waals surface area contributed by atoms with Gasteiger partial charge in [0.05, 0.1) is 17.8 Å². The molecule has 6 nitrogen and oxygen atoms in total. The van der Waals surface area contributed by atoms with Gasteiger partial charge in [-0.1, -0.05) is 6.92 Å². The van der Waals surface area contributed by atoms with Crippen LogP contribution in [0.5, 0.6) is 0 Å². The number of carbonyl (C=O) groups excluding carboxylic acids is 1. The summed E-state index contributed by atoms with van der Waals surface area (Å²) in [5.41, 5.74) is 1.99. The van der Waals surface area contributed by atoms with Crippen molar-refractivity contribution in [2.24, 2.45) is 0 Å². The van der Waals surface area contributed by atoms with E-state index in [0.717, 1.165) is 23.8 Å². The van der Waals surface area contributed by atoms with Crippen LogP contribution in [0.25, 0.3) is 5.65 Å². The van der Waals surface area contributed by atoms with E-state index in [0.29, 0.717) is 23.5 Å². The van der Waals surface area contributed by atoms with Crippen molar-refractivity contribution in [1.82, 2.24) is 19.5 Å². The number of amides is 1. The van der Waals surface area contributed by atoms with Gasteiger partial charge in [-0.3, -0.25) is 14.7 Å². The number of aromatic amines is 1. The second-order valence-corrected chi connectivity index (χ2v) is 6.26. The lowest BCUT2D eigenvalue weighted by Crippen LogP contribution is -2.31. The van der Waals surface area contributed by atoms with Crippen LogP contribution >= 0.6 is 0 Å². The molecule has 0 aliphatic heterocycles. The normalized spacial score (nSPS) is 11.1. The van der Waals surface area contributed by atoms with Crippen LogP contribution in [-0.2, 0) is 13.0 Å². The molecule has 3 aromatic rings. The fourth-order valence-corrected chi connectivity index (χ4v) is 3.10. The number of H-pyrrole nitrogens is 1. The summed E-state index contributed by atoms with van der Waals surface area (Å²) in [6.45, 7) is 5.82. The number of halogens is 2. The fraction of sp³-hybridized carbons (Fsp3) is 0.316. The Kier molecular flexibility index (Phi) is 5.07. The molecule has 0 fully saturated rings. The van der Waals surface area contributed by atoms with Gasteiger partial charge in [-0.05, 0) is 38.5 Å². The van der Waals surface area contributed by atoms with Crippen molar-refractivity contribution in [1.29, 1.82) is 0 Å². The summed E-state index contributed by atoms with van der Waals surface area (Å²) >= 11 is 0. The van der Waals surface area contributed by atoms with Crippen molar-refractivity contribution in [2.75, 3.05) is 6.54 Å². The first-order valence-electron chi connectivity index (χ1n) is 8.70. The van der Waals surface area contributed by atoms with Gasteiger partial charge in [0.1, 0.15) is 11.6 Å². The van der Waals surface area contributed by atoms with Gasteiger partial charge in [-0.25, -0.2) is 18.3 Å². The molecule has 0 atom stereocenters. The second-order valence-electron chi connectivity index (χ2n) is 6.26. The zero-order chi connectivity index (χ0) is 19.7. The molecule has 0 radical (unpaired) electrons. The molecule has 0 bridgehead atoms. The van der Waals surface area contributed by atoms with Crippen molar-refractivity contribution in [2.45, 2.75) is 33.7 Å². The first-order valence-corrected chi connectivity index (χ1v) is 8.70. The van der Waals surface area contributed by atoms with Crippen molar-refractivity contribution in [3.63, 3.8) is 0 Å². The van der Waals surface area contributed by atoms with Crippen LogP contribution in [0.1, 0.15) is 41.2 Å². The largest absolute Gasteiger partial charge is 0.333 e. The van der Waals surface area contributed by atoms with Crippen LogP contribution in [-0.4, -0.2) is 31.9 Å². The maximum absolute atomic E-state index is 14.0. The maximum Gasteiger partial charge on any atom is 0.272 e. The first-order chi connectivity index (χ1) is 12.8. The topological polar surface area (TPSA) is 70.5 Å². The van der Waals surface area contributed by atoms with Crippen LogP contribution in [0.2, 0.25) is 0 Å². The minimum atomic E-state index is -0.777. The monoisotopic (exact) mass is 374 g/mol. The van der Waals surface area contributed by atoms with Crippen LogP contribution in [0, 0.1) is 18.6 Å². The number of rotatable bonds is 5. The van der Waals surface area contributed by atoms with Gasteiger partial charge in [-0.15, -0.1) is 0 Å². The lowest BCUT2D eigenvalue weighted by Gasteiger charge is -2.21. The molecule has 27 heavy (non-hydrogen) atoms. The summed E-state index contributed by atoms with van der Waals surface area (Å²) in [6.07, 6.45) is 0.596. The quantitative estimate of drug-likeness (QED) is 0.747. The van der Waals surface area contributed by atoms with E-state index in [1.54, 1.807) is 13.8 Å². The number of nitrogens with one attached hydrogen (secondary N) is 1. The highest BCUT2D eigenvalue weighted by Gasteiger charge is 2.22. The van der Waals surface area contributed by atoms with E-state index in [2.05, 4.69) is 10.1 Å². The Morgan fingerprint density at radius 1 is 1.26 bits per heavy atom. The van der Waals surface area contributed by atoms with Gasteiger partial charge in [0.2, 0.25) is 0 Å². The third-order valence-electron chi connectivity index (χ3n) is 4.46. The van der Waals surface area contributed by atoms with Gasteiger partial charge in [0.25, 0.3) is 11.5 Å². The molecular weight excluding hydrogens is 354 g/mol. The first kappa shape index (κ1) is 18.8. The molecule has 2 aromatic heterocycles. The highest BCUT2D eigenvalue weighted by molar-refractivity contribution is 5.94. The standard InChI is InChI=1S/C19H20F2N4O2/c1-4-13-16(23-25-17(26)8-11(3)22-18(13)25)10-24(5-2)19(27)14-9-12(20)6-7-15(14)21/h6-9,23H,4-5,10H2,1-3H3. The summed E-state index contributed by atoms with van der Waals surface area (Å²) in [5.74, 6) is -2.07. The van der Waals surface area contributed by atoms with Crippen LogP contribution < -0.4 is 5.56 Å². The molecule has 3 rings (SSSR count). The maximum atomic E-state index is 14.0. The molecular formula is C19H20F2N4O2. The number of aryl methyl sites for hydroxylation is 2. The SMILES string of the molecule is CCc1c(CN(CC)C(=O)c2cc(F)ccc2F)[nH]n2c(=O)cc(C)nc12. The lowest BCUT2D eigenvalue weighted by molar-refractivity contribution is 0.0745. The summed E-state index contributed by atoms with van der Waals surface area (Å²) < 4.78 is 28.8. The average molecular weight is 374 g/mol. The van der Waals surface area contributed by atoms with Gasteiger partial charge in [0.15, 0.2) is 5.65 Å². The molecule has 1 aromatic carbocycles. The van der Waals surface area contributed by atoms with Crippen molar-refractivity contribution in [3.8, 4) is 0 Å². The summed E-state index contributed by atoms with van der Waals surface area (Å²) in [4.78, 5) is 30.7. The van der Waals surface area contributed by atoms with E-state index in [4.69, 9.17) is 0 Å². The zero-order valence-corrected chi connectivity index (χ0v) is 15.3. The number of benzene rings is 1. The molecule has 2 heterocycles. The van der Waals surface area contributed by atoms with Gasteiger partial charge in [-0.2, -0.15) is 0 Å². The number of carbonyl (C=O) groups is 1. The number of fused-ring (bicyclic) bond motifs is 1. The molecule has 142 valence electrons. The number of hydrogen-bond donors (Lipinski definition) is 1. The molecule has 0 saturated carbocycles. The van der Waals surface area contributed by atoms with E-state index in [1.165, 1.54) is 15.5 Å². The van der Waals surface area contributed by atoms with E-state index < -0.39 is 17.5 Å². The highest BCUT2D eigenvalue weighted by atomic mass is 19.1. The van der Waals surface area contributed by atoms with Crippen LogP contribution in [0.4, 0.5) is 8.78 Å². The summed E-state index contributed by atoms with van der Waals surface area (Å²) in [6, 6.07) is 4.21. The Morgan fingerprint density at radius 2 is 2.00 bits per heavy atom. The molecule has 0 unspecified atom stereocenters. The predicted octanol–water partition coefficient (Wildman–Crippen LogP) is 2.83. The molecule has 0 aliphatic rings. The zero-order valence-electron chi connectivity index (χ0n) is 15.3. The predicted molar refractivity (Wildman–Crippen MR) is 96.7 cm³/mol. The Balaban J connectivity index is 2.02. The highest BCUT2D eigenvalue weighted by Crippen LogP contribution is 2.19. The Labute approximate surface area is 154 Å². The summed E-state index contributed by atoms with van der Waals surface area (Å²) in [7, 11) is 0. The smallest absolute Gasteiger partial charge is 0.272 e. The lowest BCUT2D eigenvalue weighted by atomic mass is 10.1. The third kappa shape index (κ3) is 3.47. The third-order valence-corrected chi connectivity index (χ3v) is 4.46. The van der Waals surface area contributed by atoms with Crippen molar-refractivity contribution >= 4 is 11.6 Å². The van der Waals surface area contributed by atoms with E-state index in [1.807, 2.05) is 6.92 Å². The van der Waals surface area contributed by atoms with Gasteiger partial charge >= 0.3 is 0 Å². The number of nitrogens with zero attached hydrogens (tertiary/aromatic N) is 3. The molecule has 1 amide bonds. The summed E-state index contributed by atoms with van der Waals surface area (Å²) in [5, 5.41) is 2.99. The number of hydrogen-bond acceptors (Lipinski definition) is 3. The Bertz CT molecular complexity index is 1070. The van der Waals surface area contributed by atoms with Crippen molar-refractivity contribution < 1.29 is 13.6 Å². The van der Waals surface area contributed by atoms with E-state index in [9.17, 15) is 18.4 Å². The second kappa shape index (κ2) is 7.30. The molecule has 0 spiro atoms. The van der Waals surface area contributed by atoms with Crippen LogP contribution in [0.15, 0.2) is 29.1 Å². The number of aromatic nitrogens is 3. The fourth-order valence-electron chi connectivity index (χ4n) is 3.10. The van der Waals surface area contributed by atoms with E-state index >= 15 is 0 Å². The Hall–Kier alpha value is -3.03. The minimum Gasteiger partial charge on any atom is -0.333 e. The molecule has 0 aliphatic carbocycles. The van der Waals surface area contributed by atoms with Gasteiger partial charge < -0.3 is 4.90 Å². The molecule has 8 heteroatoms. The molecule has 1 N–H and O–H groups in total. The van der Waals surface area contributed by atoms with Gasteiger partial charge in [0, 0.05) is 23.9 Å². The van der Waals surface area contributed by atoms with Crippen molar-refractivity contribution in [3.05, 3.63) is 68.8 Å².